The molecule has 0 heterocycles. The number of carbonyl (C=O) groups excluding carboxylic acids is 1. The van der Waals surface area contributed by atoms with Crippen LogP contribution in [0.5, 0.6) is 11.5 Å². The number of methoxy groups -OCH3 is 2. The maximum absolute atomic E-state index is 12.4. The number of nitrogens with zero attached hydrogens (tertiary/aromatic N) is 2. The van der Waals surface area contributed by atoms with E-state index >= 15 is 0 Å². The number of amides is 1. The van der Waals surface area contributed by atoms with Crippen molar-refractivity contribution in [3.63, 3.8) is 0 Å². The van der Waals surface area contributed by atoms with Crippen LogP contribution in [0.4, 0.5) is 5.69 Å². The zero-order valence-electron chi connectivity index (χ0n) is 15.8. The van der Waals surface area contributed by atoms with Gasteiger partial charge in [0.15, 0.2) is 11.5 Å². The highest BCUT2D eigenvalue weighted by atomic mass is 16.5. The Bertz CT molecular complexity index is 970. The maximum Gasteiger partial charge on any atom is 0.263 e. The molecule has 2 aromatic carbocycles. The van der Waals surface area contributed by atoms with Crippen LogP contribution in [0, 0.1) is 22.7 Å². The second-order valence-electron chi connectivity index (χ2n) is 5.78. The molecule has 7 nitrogen and oxygen atoms in total. The van der Waals surface area contributed by atoms with Gasteiger partial charge in [-0.05, 0) is 36.8 Å². The maximum atomic E-state index is 12.4. The number of benzene rings is 2. The number of carbonyl (C=O) groups is 1. The molecule has 1 unspecified atom stereocenters. The predicted molar refractivity (Wildman–Crippen MR) is 105 cm³/mol. The lowest BCUT2D eigenvalue weighted by atomic mass is 10.1. The summed E-state index contributed by atoms with van der Waals surface area (Å²) in [6, 6.07) is 15.7. The molecular formula is C21H20N4O3. The van der Waals surface area contributed by atoms with E-state index < -0.39 is 5.91 Å². The fraction of sp³-hybridized carbons (Fsp3) is 0.190. The van der Waals surface area contributed by atoms with Crippen LogP contribution < -0.4 is 20.1 Å². The summed E-state index contributed by atoms with van der Waals surface area (Å²) in [5, 5.41) is 24.0. The number of para-hydroxylation sites is 1. The molecule has 2 N–H and O–H groups in total. The van der Waals surface area contributed by atoms with E-state index in [0.29, 0.717) is 22.7 Å². The van der Waals surface area contributed by atoms with Gasteiger partial charge in [0.1, 0.15) is 17.7 Å². The van der Waals surface area contributed by atoms with Gasteiger partial charge in [0, 0.05) is 6.20 Å². The summed E-state index contributed by atoms with van der Waals surface area (Å²) in [4.78, 5) is 12.4. The Labute approximate surface area is 163 Å². The van der Waals surface area contributed by atoms with Gasteiger partial charge >= 0.3 is 0 Å². The van der Waals surface area contributed by atoms with Crippen LogP contribution in [0.1, 0.15) is 24.1 Å². The highest BCUT2D eigenvalue weighted by Gasteiger charge is 2.16. The van der Waals surface area contributed by atoms with Crippen molar-refractivity contribution >= 4 is 11.6 Å². The third kappa shape index (κ3) is 4.80. The summed E-state index contributed by atoms with van der Waals surface area (Å²) in [6.07, 6.45) is 1.28. The van der Waals surface area contributed by atoms with Crippen LogP contribution in [-0.2, 0) is 4.79 Å². The average molecular weight is 376 g/mol. The molecule has 0 fully saturated rings. The Morgan fingerprint density at radius 1 is 1.11 bits per heavy atom. The van der Waals surface area contributed by atoms with E-state index in [2.05, 4.69) is 10.6 Å². The monoisotopic (exact) mass is 376 g/mol. The van der Waals surface area contributed by atoms with Crippen molar-refractivity contribution in [2.45, 2.75) is 13.0 Å². The summed E-state index contributed by atoms with van der Waals surface area (Å²) in [7, 11) is 3.08. The first-order valence-electron chi connectivity index (χ1n) is 8.42. The number of anilines is 1. The molecule has 2 aromatic rings. The summed E-state index contributed by atoms with van der Waals surface area (Å²) in [5.74, 6) is 0.599. The molecule has 0 aromatic heterocycles. The zero-order chi connectivity index (χ0) is 20.5. The molecule has 0 spiro atoms. The summed E-state index contributed by atoms with van der Waals surface area (Å²) in [5.41, 5.74) is 1.61. The minimum Gasteiger partial charge on any atom is -0.493 e. The minimum atomic E-state index is -0.535. The van der Waals surface area contributed by atoms with Gasteiger partial charge in [0.05, 0.1) is 31.5 Å². The van der Waals surface area contributed by atoms with Crippen LogP contribution >= 0.6 is 0 Å². The molecule has 0 aliphatic carbocycles. The smallest absolute Gasteiger partial charge is 0.263 e. The minimum absolute atomic E-state index is 0.111. The highest BCUT2D eigenvalue weighted by Crippen LogP contribution is 2.29. The van der Waals surface area contributed by atoms with E-state index in [1.165, 1.54) is 13.3 Å². The van der Waals surface area contributed by atoms with Gasteiger partial charge in [0.25, 0.3) is 5.91 Å². The van der Waals surface area contributed by atoms with E-state index in [4.69, 9.17) is 14.7 Å². The molecule has 0 bridgehead atoms. The van der Waals surface area contributed by atoms with Crippen molar-refractivity contribution in [2.24, 2.45) is 0 Å². The van der Waals surface area contributed by atoms with E-state index in [9.17, 15) is 10.1 Å². The molecule has 0 saturated heterocycles. The molecule has 0 aliphatic rings. The van der Waals surface area contributed by atoms with Crippen molar-refractivity contribution in [3.05, 3.63) is 65.4 Å². The van der Waals surface area contributed by atoms with Crippen LogP contribution in [-0.4, -0.2) is 20.1 Å². The molecule has 7 heteroatoms. The van der Waals surface area contributed by atoms with Gasteiger partial charge in [-0.25, -0.2) is 0 Å². The topological polar surface area (TPSA) is 107 Å². The number of ether oxygens (including phenoxy) is 2. The van der Waals surface area contributed by atoms with Gasteiger partial charge < -0.3 is 20.1 Å². The van der Waals surface area contributed by atoms with Gasteiger partial charge in [-0.3, -0.25) is 4.79 Å². The SMILES string of the molecule is COc1ccc(C(C)NC(=O)/C(C#N)=C\Nc2ccccc2C#N)cc1OC. The second kappa shape index (κ2) is 9.65. The fourth-order valence-electron chi connectivity index (χ4n) is 2.48. The van der Waals surface area contributed by atoms with Gasteiger partial charge in [-0.15, -0.1) is 0 Å². The Morgan fingerprint density at radius 2 is 1.82 bits per heavy atom. The molecule has 2 rings (SSSR count). The van der Waals surface area contributed by atoms with Crippen molar-refractivity contribution < 1.29 is 14.3 Å². The summed E-state index contributed by atoms with van der Waals surface area (Å²) in [6.45, 7) is 1.80. The van der Waals surface area contributed by atoms with Gasteiger partial charge in [-0.1, -0.05) is 18.2 Å². The lowest BCUT2D eigenvalue weighted by Gasteiger charge is -2.16. The molecule has 0 saturated carbocycles. The van der Waals surface area contributed by atoms with Crippen molar-refractivity contribution in [2.75, 3.05) is 19.5 Å². The van der Waals surface area contributed by atoms with Crippen LogP contribution in [0.25, 0.3) is 0 Å². The van der Waals surface area contributed by atoms with E-state index in [0.717, 1.165) is 5.56 Å². The van der Waals surface area contributed by atoms with Gasteiger partial charge in [0.2, 0.25) is 0 Å². The molecular weight excluding hydrogens is 356 g/mol. The molecule has 0 radical (unpaired) electrons. The van der Waals surface area contributed by atoms with E-state index in [1.54, 1.807) is 50.4 Å². The molecule has 142 valence electrons. The Morgan fingerprint density at radius 3 is 2.46 bits per heavy atom. The third-order valence-corrected chi connectivity index (χ3v) is 4.04. The van der Waals surface area contributed by atoms with Crippen LogP contribution in [0.2, 0.25) is 0 Å². The summed E-state index contributed by atoms with van der Waals surface area (Å²) < 4.78 is 10.5. The first-order valence-corrected chi connectivity index (χ1v) is 8.42. The standard InChI is InChI=1S/C21H20N4O3/c1-14(15-8-9-19(27-2)20(10-15)28-3)25-21(26)17(12-23)13-24-18-7-5-4-6-16(18)11-22/h4-10,13-14,24H,1-3H3,(H,25,26)/b17-13-. The molecule has 1 amide bonds. The van der Waals surface area contributed by atoms with E-state index in [1.807, 2.05) is 18.2 Å². The Hall–Kier alpha value is -3.97. The number of nitrogens with one attached hydrogen (secondary N) is 2. The zero-order valence-corrected chi connectivity index (χ0v) is 15.8. The molecule has 28 heavy (non-hydrogen) atoms. The molecule has 0 aliphatic heterocycles. The second-order valence-corrected chi connectivity index (χ2v) is 5.78. The quantitative estimate of drug-likeness (QED) is 0.567. The number of nitriles is 2. The van der Waals surface area contributed by atoms with Crippen molar-refractivity contribution in [1.29, 1.82) is 10.5 Å². The lowest BCUT2D eigenvalue weighted by molar-refractivity contribution is -0.117. The predicted octanol–water partition coefficient (Wildman–Crippen LogP) is 3.27. The van der Waals surface area contributed by atoms with Crippen molar-refractivity contribution in [3.8, 4) is 23.6 Å². The fourth-order valence-corrected chi connectivity index (χ4v) is 2.48. The van der Waals surface area contributed by atoms with Crippen LogP contribution in [0.3, 0.4) is 0 Å². The largest absolute Gasteiger partial charge is 0.493 e. The lowest BCUT2D eigenvalue weighted by Crippen LogP contribution is -2.28. The number of rotatable bonds is 7. The first-order chi connectivity index (χ1) is 13.5. The average Bonchev–Trinajstić information content (AvgIpc) is 2.73. The molecule has 1 atom stereocenters. The highest BCUT2D eigenvalue weighted by molar-refractivity contribution is 5.97. The Balaban J connectivity index is 2.13. The Kier molecular flexibility index (Phi) is 7.01. The third-order valence-electron chi connectivity index (χ3n) is 4.04. The number of hydrogen-bond acceptors (Lipinski definition) is 6. The van der Waals surface area contributed by atoms with E-state index in [-0.39, 0.29) is 11.6 Å². The van der Waals surface area contributed by atoms with Crippen LogP contribution in [0.15, 0.2) is 54.2 Å². The number of hydrogen-bond donors (Lipinski definition) is 2. The van der Waals surface area contributed by atoms with Gasteiger partial charge in [-0.2, -0.15) is 10.5 Å². The summed E-state index contributed by atoms with van der Waals surface area (Å²) >= 11 is 0. The normalized spacial score (nSPS) is 11.5. The van der Waals surface area contributed by atoms with Crippen molar-refractivity contribution in [1.82, 2.24) is 5.32 Å². The first kappa shape index (κ1) is 20.3.